The highest BCUT2D eigenvalue weighted by atomic mass is 16.6. The molecule has 0 radical (unpaired) electrons. The van der Waals surface area contributed by atoms with Crippen LogP contribution < -0.4 is 5.73 Å². The summed E-state index contributed by atoms with van der Waals surface area (Å²) in [5, 5.41) is 21.9. The molecular weight excluding hydrogens is 98.8 g/mol. The third-order valence-corrected chi connectivity index (χ3v) is 0.232. The van der Waals surface area contributed by atoms with E-state index in [2.05, 4.69) is 10.4 Å². The Morgan fingerprint density at radius 1 is 1.71 bits per heavy atom. The highest BCUT2D eigenvalue weighted by Crippen LogP contribution is 1.68. The van der Waals surface area contributed by atoms with Gasteiger partial charge in [0.15, 0.2) is 0 Å². The number of rotatable bonds is 1. The maximum absolute atomic E-state index is 7.84. The van der Waals surface area contributed by atoms with Gasteiger partial charge in [0.05, 0.1) is 0 Å². The molecule has 0 heterocycles. The van der Waals surface area contributed by atoms with Gasteiger partial charge < -0.3 is 20.4 Å². The Bertz CT molecular complexity index is 73.3. The lowest BCUT2D eigenvalue weighted by atomic mass is 10.3. The zero-order chi connectivity index (χ0) is 5.86. The van der Waals surface area contributed by atoms with Crippen LogP contribution in [0.25, 0.3) is 0 Å². The standard InChI is InChI=1S/CH5BN2O3/c3-1(4)7-2(5)6/h5-6H,(H3,3,4). The van der Waals surface area contributed by atoms with Gasteiger partial charge in [-0.25, -0.2) is 0 Å². The molecule has 0 saturated carbocycles. The topological polar surface area (TPSA) is 99.6 Å². The van der Waals surface area contributed by atoms with E-state index in [9.17, 15) is 0 Å². The molecule has 0 aromatic carbocycles. The summed E-state index contributed by atoms with van der Waals surface area (Å²) >= 11 is 0. The zero-order valence-corrected chi connectivity index (χ0v) is 3.46. The van der Waals surface area contributed by atoms with Crippen molar-refractivity contribution in [2.45, 2.75) is 0 Å². The average molecular weight is 104 g/mol. The number of hydrogen-bond donors (Lipinski definition) is 4. The van der Waals surface area contributed by atoms with E-state index in [0.29, 0.717) is 0 Å². The molecule has 0 atom stereocenters. The van der Waals surface area contributed by atoms with E-state index < -0.39 is 13.3 Å². The first kappa shape index (κ1) is 6.25. The van der Waals surface area contributed by atoms with Crippen LogP contribution in [0.5, 0.6) is 0 Å². The molecule has 0 aliphatic rings. The first-order valence-electron chi connectivity index (χ1n) is 1.49. The molecule has 0 aliphatic heterocycles. The molecule has 0 amide bonds. The lowest BCUT2D eigenvalue weighted by molar-refractivity contribution is 0.279. The first-order chi connectivity index (χ1) is 3.13. The molecule has 0 bridgehead atoms. The van der Waals surface area contributed by atoms with Gasteiger partial charge in [-0.3, -0.25) is 5.41 Å². The second kappa shape index (κ2) is 2.43. The minimum atomic E-state index is -1.97. The molecule has 5 nitrogen and oxygen atoms in total. The van der Waals surface area contributed by atoms with Crippen molar-refractivity contribution in [3.05, 3.63) is 0 Å². The SMILES string of the molecule is N=C(N)OB(O)O. The Morgan fingerprint density at radius 2 is 2.14 bits per heavy atom. The fraction of sp³-hybridized carbons (Fsp3) is 0. The van der Waals surface area contributed by atoms with Gasteiger partial charge >= 0.3 is 7.32 Å². The number of hydrogen-bond acceptors (Lipinski definition) is 4. The van der Waals surface area contributed by atoms with Crippen molar-refractivity contribution in [2.24, 2.45) is 5.73 Å². The van der Waals surface area contributed by atoms with Gasteiger partial charge in [0.1, 0.15) is 0 Å². The van der Waals surface area contributed by atoms with E-state index in [-0.39, 0.29) is 0 Å². The van der Waals surface area contributed by atoms with Crippen LogP contribution in [0, 0.1) is 5.41 Å². The van der Waals surface area contributed by atoms with Crippen molar-refractivity contribution in [1.82, 2.24) is 0 Å². The second-order valence-corrected chi connectivity index (χ2v) is 0.808. The molecule has 6 heteroatoms. The van der Waals surface area contributed by atoms with Crippen LogP contribution in [-0.4, -0.2) is 23.4 Å². The Labute approximate surface area is 40.4 Å². The average Bonchev–Trinajstić information content (AvgIpc) is 1.27. The molecule has 0 rings (SSSR count). The summed E-state index contributed by atoms with van der Waals surface area (Å²) < 4.78 is 3.72. The smallest absolute Gasteiger partial charge is 0.485 e. The Kier molecular flexibility index (Phi) is 2.17. The quantitative estimate of drug-likeness (QED) is 0.173. The lowest BCUT2D eigenvalue weighted by Crippen LogP contribution is -2.26. The van der Waals surface area contributed by atoms with Gasteiger partial charge in [0.25, 0.3) is 6.02 Å². The monoisotopic (exact) mass is 104 g/mol. The highest BCUT2D eigenvalue weighted by molar-refractivity contribution is 6.35. The molecule has 0 spiro atoms. The summed E-state index contributed by atoms with van der Waals surface area (Å²) in [5.74, 6) is 0. The molecule has 40 valence electrons. The summed E-state index contributed by atoms with van der Waals surface area (Å²) in [4.78, 5) is 0. The molecule has 0 aromatic rings. The van der Waals surface area contributed by atoms with Gasteiger partial charge in [-0.15, -0.1) is 0 Å². The normalized spacial score (nSPS) is 7.71. The largest absolute Gasteiger partial charge is 0.709 e. The Balaban J connectivity index is 3.13. The van der Waals surface area contributed by atoms with Crippen molar-refractivity contribution in [2.75, 3.05) is 0 Å². The molecule has 5 N–H and O–H groups in total. The van der Waals surface area contributed by atoms with Crippen LogP contribution in [0.4, 0.5) is 0 Å². The van der Waals surface area contributed by atoms with Gasteiger partial charge in [-0.05, 0) is 0 Å². The van der Waals surface area contributed by atoms with Crippen molar-refractivity contribution in [1.29, 1.82) is 5.41 Å². The Morgan fingerprint density at radius 3 is 2.14 bits per heavy atom. The van der Waals surface area contributed by atoms with Crippen LogP contribution in [-0.2, 0) is 4.65 Å². The summed E-state index contributed by atoms with van der Waals surface area (Å²) in [6, 6.07) is -0.713. The predicted molar refractivity (Wildman–Crippen MR) is 23.2 cm³/mol. The molecular formula is CH5BN2O3. The van der Waals surface area contributed by atoms with E-state index >= 15 is 0 Å². The van der Waals surface area contributed by atoms with E-state index in [0.717, 1.165) is 0 Å². The van der Waals surface area contributed by atoms with Crippen molar-refractivity contribution >= 4 is 13.3 Å². The summed E-state index contributed by atoms with van der Waals surface area (Å²) in [6.07, 6.45) is 0. The van der Waals surface area contributed by atoms with Gasteiger partial charge in [-0.1, -0.05) is 0 Å². The number of amidine groups is 1. The number of nitrogens with one attached hydrogen (secondary N) is 1. The number of nitrogens with two attached hydrogens (primary N) is 1. The summed E-state index contributed by atoms with van der Waals surface area (Å²) in [5.41, 5.74) is 4.53. The lowest BCUT2D eigenvalue weighted by Gasteiger charge is -1.96. The minimum Gasteiger partial charge on any atom is -0.485 e. The van der Waals surface area contributed by atoms with Gasteiger partial charge in [0.2, 0.25) is 0 Å². The van der Waals surface area contributed by atoms with Gasteiger partial charge in [0, 0.05) is 0 Å². The van der Waals surface area contributed by atoms with E-state index in [4.69, 9.17) is 15.5 Å². The van der Waals surface area contributed by atoms with E-state index in [1.807, 2.05) is 0 Å². The van der Waals surface area contributed by atoms with Crippen molar-refractivity contribution in [3.8, 4) is 0 Å². The van der Waals surface area contributed by atoms with E-state index in [1.54, 1.807) is 0 Å². The molecule has 7 heavy (non-hydrogen) atoms. The van der Waals surface area contributed by atoms with Crippen LogP contribution in [0.3, 0.4) is 0 Å². The Hall–Kier alpha value is -0.745. The van der Waals surface area contributed by atoms with Crippen molar-refractivity contribution in [3.63, 3.8) is 0 Å². The van der Waals surface area contributed by atoms with Crippen LogP contribution in [0.2, 0.25) is 0 Å². The zero-order valence-electron chi connectivity index (χ0n) is 3.46. The van der Waals surface area contributed by atoms with Crippen LogP contribution >= 0.6 is 0 Å². The summed E-state index contributed by atoms with van der Waals surface area (Å²) in [7, 11) is -1.97. The third-order valence-electron chi connectivity index (χ3n) is 0.232. The highest BCUT2D eigenvalue weighted by Gasteiger charge is 2.09. The fourth-order valence-electron chi connectivity index (χ4n) is 0.114. The molecule has 0 fully saturated rings. The minimum absolute atomic E-state index is 0.713. The predicted octanol–water partition coefficient (Wildman–Crippen LogP) is -2.13. The molecule has 0 unspecified atom stereocenters. The molecule has 0 saturated heterocycles. The van der Waals surface area contributed by atoms with Crippen LogP contribution in [0.1, 0.15) is 0 Å². The maximum atomic E-state index is 7.84. The second-order valence-electron chi connectivity index (χ2n) is 0.808. The molecule has 0 aliphatic carbocycles. The molecule has 0 aromatic heterocycles. The van der Waals surface area contributed by atoms with Crippen LogP contribution in [0.15, 0.2) is 0 Å². The van der Waals surface area contributed by atoms with Crippen molar-refractivity contribution < 1.29 is 14.7 Å². The third kappa shape index (κ3) is 5.25. The van der Waals surface area contributed by atoms with E-state index in [1.165, 1.54) is 0 Å². The fourth-order valence-corrected chi connectivity index (χ4v) is 0.114. The van der Waals surface area contributed by atoms with Gasteiger partial charge in [-0.2, -0.15) is 0 Å². The maximum Gasteiger partial charge on any atom is 0.709 e. The first-order valence-corrected chi connectivity index (χ1v) is 1.49. The summed E-state index contributed by atoms with van der Waals surface area (Å²) in [6.45, 7) is 0.